The smallest absolute Gasteiger partial charge is 0.329 e. The van der Waals surface area contributed by atoms with Crippen molar-refractivity contribution in [3.05, 3.63) is 65.7 Å². The molecule has 2 unspecified atom stereocenters. The molecule has 1 aliphatic heterocycles. The number of nitrogens with zero attached hydrogens (tertiary/aromatic N) is 2. The zero-order chi connectivity index (χ0) is 20.1. The Morgan fingerprint density at radius 1 is 1.07 bits per heavy atom. The predicted octanol–water partition coefficient (Wildman–Crippen LogP) is 4.16. The molecule has 1 N–H and O–H groups in total. The summed E-state index contributed by atoms with van der Waals surface area (Å²) in [7, 11) is 0. The highest BCUT2D eigenvalue weighted by Gasteiger charge is 2.31. The third-order valence-corrected chi connectivity index (χ3v) is 5.02. The van der Waals surface area contributed by atoms with Crippen molar-refractivity contribution in [2.24, 2.45) is 0 Å². The molecular formula is C21H26Cl2F2N2O3. The van der Waals surface area contributed by atoms with Crippen molar-refractivity contribution < 1.29 is 23.4 Å². The van der Waals surface area contributed by atoms with Crippen LogP contribution in [0.5, 0.6) is 0 Å². The van der Waals surface area contributed by atoms with Gasteiger partial charge in [-0.1, -0.05) is 12.1 Å². The van der Waals surface area contributed by atoms with Crippen LogP contribution in [-0.2, 0) is 9.53 Å². The fourth-order valence-corrected chi connectivity index (χ4v) is 3.61. The number of ether oxygens (including phenoxy) is 1. The number of benzene rings is 2. The van der Waals surface area contributed by atoms with Crippen LogP contribution >= 0.6 is 24.8 Å². The summed E-state index contributed by atoms with van der Waals surface area (Å²) < 4.78 is 31.9. The summed E-state index contributed by atoms with van der Waals surface area (Å²) in [6, 6.07) is 12.8. The van der Waals surface area contributed by atoms with Crippen molar-refractivity contribution >= 4 is 36.5 Å². The Bertz CT molecular complexity index is 794. The zero-order valence-electron chi connectivity index (χ0n) is 16.5. The SMILES string of the molecule is CC(COCC(=O)O)N1CCN(c2ccc(F)cc2)CC1c1ccc(F)cc1.Cl.Cl. The van der Waals surface area contributed by atoms with Gasteiger partial charge in [0.05, 0.1) is 12.6 Å². The van der Waals surface area contributed by atoms with E-state index in [1.165, 1.54) is 24.3 Å². The van der Waals surface area contributed by atoms with Gasteiger partial charge in [-0.05, 0) is 48.9 Å². The Balaban J connectivity index is 0.00000225. The van der Waals surface area contributed by atoms with Gasteiger partial charge in [0.1, 0.15) is 18.2 Å². The molecule has 2 atom stereocenters. The molecule has 0 aliphatic carbocycles. The molecular weight excluding hydrogens is 437 g/mol. The van der Waals surface area contributed by atoms with E-state index in [9.17, 15) is 13.6 Å². The highest BCUT2D eigenvalue weighted by molar-refractivity contribution is 5.85. The normalized spacial score (nSPS) is 17.6. The molecule has 1 aliphatic rings. The average Bonchev–Trinajstić information content (AvgIpc) is 2.68. The summed E-state index contributed by atoms with van der Waals surface area (Å²) >= 11 is 0. The lowest BCUT2D eigenvalue weighted by atomic mass is 10.00. The van der Waals surface area contributed by atoms with Crippen LogP contribution < -0.4 is 4.90 Å². The summed E-state index contributed by atoms with van der Waals surface area (Å²) in [4.78, 5) is 15.1. The lowest BCUT2D eigenvalue weighted by Gasteiger charge is -2.45. The first kappa shape index (κ1) is 26.1. The van der Waals surface area contributed by atoms with Crippen LogP contribution in [0.4, 0.5) is 14.5 Å². The van der Waals surface area contributed by atoms with Gasteiger partial charge in [-0.3, -0.25) is 4.90 Å². The average molecular weight is 463 g/mol. The molecule has 2 aromatic carbocycles. The van der Waals surface area contributed by atoms with E-state index in [2.05, 4.69) is 9.80 Å². The first-order chi connectivity index (χ1) is 13.4. The number of anilines is 1. The molecule has 0 aromatic heterocycles. The molecule has 1 heterocycles. The van der Waals surface area contributed by atoms with E-state index in [1.807, 2.05) is 6.92 Å². The molecule has 30 heavy (non-hydrogen) atoms. The number of carbonyl (C=O) groups is 1. The number of piperazine rings is 1. The molecule has 0 spiro atoms. The number of hydrogen-bond donors (Lipinski definition) is 1. The van der Waals surface area contributed by atoms with Gasteiger partial charge in [-0.2, -0.15) is 0 Å². The fraction of sp³-hybridized carbons (Fsp3) is 0.381. The second-order valence-electron chi connectivity index (χ2n) is 6.99. The van der Waals surface area contributed by atoms with Crippen LogP contribution in [0.2, 0.25) is 0 Å². The maximum Gasteiger partial charge on any atom is 0.329 e. The molecule has 0 saturated carbocycles. The van der Waals surface area contributed by atoms with Crippen molar-refractivity contribution in [3.63, 3.8) is 0 Å². The van der Waals surface area contributed by atoms with Gasteiger partial charge in [-0.25, -0.2) is 13.6 Å². The molecule has 2 aromatic rings. The van der Waals surface area contributed by atoms with E-state index in [-0.39, 0.29) is 55.1 Å². The van der Waals surface area contributed by atoms with E-state index >= 15 is 0 Å². The Hall–Kier alpha value is -1.93. The Morgan fingerprint density at radius 3 is 2.20 bits per heavy atom. The van der Waals surface area contributed by atoms with E-state index in [1.54, 1.807) is 24.3 Å². The molecule has 0 bridgehead atoms. The van der Waals surface area contributed by atoms with E-state index in [0.29, 0.717) is 13.2 Å². The van der Waals surface area contributed by atoms with Crippen LogP contribution in [0, 0.1) is 11.6 Å². The van der Waals surface area contributed by atoms with Crippen molar-refractivity contribution in [2.75, 3.05) is 37.7 Å². The minimum Gasteiger partial charge on any atom is -0.480 e. The monoisotopic (exact) mass is 462 g/mol. The minimum absolute atomic E-state index is 0. The lowest BCUT2D eigenvalue weighted by molar-refractivity contribution is -0.142. The highest BCUT2D eigenvalue weighted by Crippen LogP contribution is 2.30. The molecule has 0 radical (unpaired) electrons. The van der Waals surface area contributed by atoms with Crippen molar-refractivity contribution in [2.45, 2.75) is 19.0 Å². The van der Waals surface area contributed by atoms with E-state index < -0.39 is 5.97 Å². The van der Waals surface area contributed by atoms with Gasteiger partial charge in [0.15, 0.2) is 0 Å². The molecule has 1 saturated heterocycles. The fourth-order valence-electron chi connectivity index (χ4n) is 3.61. The van der Waals surface area contributed by atoms with Crippen LogP contribution in [0.15, 0.2) is 48.5 Å². The number of aliphatic carboxylic acids is 1. The van der Waals surface area contributed by atoms with Crippen LogP contribution in [0.25, 0.3) is 0 Å². The quantitative estimate of drug-likeness (QED) is 0.669. The van der Waals surface area contributed by atoms with Crippen LogP contribution in [0.1, 0.15) is 18.5 Å². The summed E-state index contributed by atoms with van der Waals surface area (Å²) in [5.41, 5.74) is 1.90. The molecule has 1 fully saturated rings. The van der Waals surface area contributed by atoms with Crippen molar-refractivity contribution in [1.29, 1.82) is 0 Å². The lowest BCUT2D eigenvalue weighted by Crippen LogP contribution is -2.52. The first-order valence-corrected chi connectivity index (χ1v) is 9.25. The molecule has 166 valence electrons. The molecule has 9 heteroatoms. The molecule has 3 rings (SSSR count). The summed E-state index contributed by atoms with van der Waals surface area (Å²) in [5.74, 6) is -1.57. The van der Waals surface area contributed by atoms with E-state index in [0.717, 1.165) is 24.3 Å². The van der Waals surface area contributed by atoms with Gasteiger partial charge in [0, 0.05) is 31.4 Å². The second-order valence-corrected chi connectivity index (χ2v) is 6.99. The minimum atomic E-state index is -0.997. The van der Waals surface area contributed by atoms with Crippen molar-refractivity contribution in [3.8, 4) is 0 Å². The zero-order valence-corrected chi connectivity index (χ0v) is 18.2. The standard InChI is InChI=1S/C21H24F2N2O3.2ClH/c1-15(13-28-14-21(26)27)25-11-10-24(19-8-6-18(23)7-9-19)12-20(25)16-2-4-17(22)5-3-16;;/h2-9,15,20H,10-14H2,1H3,(H,26,27);2*1H. The summed E-state index contributed by atoms with van der Waals surface area (Å²) in [5, 5.41) is 8.77. The van der Waals surface area contributed by atoms with Gasteiger partial charge >= 0.3 is 5.97 Å². The Morgan fingerprint density at radius 2 is 1.63 bits per heavy atom. The largest absolute Gasteiger partial charge is 0.480 e. The highest BCUT2D eigenvalue weighted by atomic mass is 35.5. The Kier molecular flexibility index (Phi) is 10.5. The first-order valence-electron chi connectivity index (χ1n) is 9.25. The van der Waals surface area contributed by atoms with Gasteiger partial charge in [0.2, 0.25) is 0 Å². The summed E-state index contributed by atoms with van der Waals surface area (Å²) in [6.07, 6.45) is 0. The number of hydrogen-bond acceptors (Lipinski definition) is 4. The Labute approximate surface area is 187 Å². The van der Waals surface area contributed by atoms with E-state index in [4.69, 9.17) is 9.84 Å². The maximum absolute atomic E-state index is 13.4. The van der Waals surface area contributed by atoms with Gasteiger partial charge in [-0.15, -0.1) is 24.8 Å². The number of carboxylic acids is 1. The third kappa shape index (κ3) is 6.80. The van der Waals surface area contributed by atoms with Gasteiger partial charge in [0.25, 0.3) is 0 Å². The van der Waals surface area contributed by atoms with Crippen LogP contribution in [0.3, 0.4) is 0 Å². The number of carboxylic acid groups (broad SMARTS) is 1. The number of rotatable bonds is 7. The maximum atomic E-state index is 13.4. The second kappa shape index (κ2) is 12.1. The molecule has 5 nitrogen and oxygen atoms in total. The van der Waals surface area contributed by atoms with Gasteiger partial charge < -0.3 is 14.7 Å². The van der Waals surface area contributed by atoms with Crippen LogP contribution in [-0.4, -0.2) is 54.9 Å². The topological polar surface area (TPSA) is 53.0 Å². The number of halogens is 4. The predicted molar refractivity (Wildman–Crippen MR) is 117 cm³/mol. The molecule has 0 amide bonds. The third-order valence-electron chi connectivity index (χ3n) is 5.02. The summed E-state index contributed by atoms with van der Waals surface area (Å²) in [6.45, 7) is 4.07. The van der Waals surface area contributed by atoms with Crippen molar-refractivity contribution in [1.82, 2.24) is 4.90 Å².